The van der Waals surface area contributed by atoms with E-state index >= 15 is 0 Å². The number of hydrogen-bond acceptors (Lipinski definition) is 2. The first-order valence-electron chi connectivity index (χ1n) is 3.73. The second-order valence-electron chi connectivity index (χ2n) is 2.85. The summed E-state index contributed by atoms with van der Waals surface area (Å²) >= 11 is 0. The maximum absolute atomic E-state index is 13.0. The number of rotatable bonds is 1. The molecule has 0 bridgehead atoms. The lowest BCUT2D eigenvalue weighted by atomic mass is 10.0. The Morgan fingerprint density at radius 1 is 1.07 bits per heavy atom. The summed E-state index contributed by atoms with van der Waals surface area (Å²) in [6, 6.07) is 4.61. The predicted octanol–water partition coefficient (Wildman–Crippen LogP) is 3.01. The topological polar surface area (TPSA) is 24.7 Å². The summed E-state index contributed by atoms with van der Waals surface area (Å²) in [4.78, 5) is 0. The molecule has 0 atom stereocenters. The summed E-state index contributed by atoms with van der Waals surface area (Å²) in [6.07, 6.45) is -4.67. The summed E-state index contributed by atoms with van der Waals surface area (Å²) in [6.45, 7) is 0. The van der Waals surface area contributed by atoms with Crippen molar-refractivity contribution in [1.82, 2.24) is 0 Å². The smallest absolute Gasteiger partial charge is 0.207 e. The van der Waals surface area contributed by atoms with Gasteiger partial charge in [-0.05, 0) is 6.07 Å². The average molecular weight is 204 g/mol. The van der Waals surface area contributed by atoms with Crippen LogP contribution >= 0.6 is 0 Å². The molecule has 0 aromatic heterocycles. The molecule has 2 nitrogen and oxygen atoms in total. The molecule has 74 valence electrons. The number of hydrogen-bond donors (Lipinski definition) is 0. The van der Waals surface area contributed by atoms with Gasteiger partial charge in [0.05, 0.1) is 5.56 Å². The Kier molecular flexibility index (Phi) is 1.64. The van der Waals surface area contributed by atoms with Gasteiger partial charge in [-0.1, -0.05) is 18.2 Å². The summed E-state index contributed by atoms with van der Waals surface area (Å²) in [5, 5.41) is 5.79. The minimum atomic E-state index is -4.67. The fraction of sp³-hybridized carbons (Fsp3) is 0.250. The third-order valence-electron chi connectivity index (χ3n) is 1.94. The molecule has 2 rings (SSSR count). The Labute approximate surface area is 76.3 Å². The quantitative estimate of drug-likeness (QED) is 0.628. The van der Waals surface area contributed by atoms with Crippen LogP contribution in [0, 0.1) is 5.82 Å². The van der Waals surface area contributed by atoms with Crippen molar-refractivity contribution in [3.63, 3.8) is 0 Å². The Bertz CT molecular complexity index is 391. The zero-order chi connectivity index (χ0) is 10.4. The molecule has 6 heteroatoms. The van der Waals surface area contributed by atoms with Crippen LogP contribution in [0.1, 0.15) is 5.56 Å². The van der Waals surface area contributed by atoms with Gasteiger partial charge in [0.15, 0.2) is 0 Å². The van der Waals surface area contributed by atoms with Crippen LogP contribution in [0.25, 0.3) is 0 Å². The van der Waals surface area contributed by atoms with Gasteiger partial charge in [-0.3, -0.25) is 0 Å². The monoisotopic (exact) mass is 204 g/mol. The third-order valence-corrected chi connectivity index (χ3v) is 1.94. The lowest BCUT2D eigenvalue weighted by Crippen LogP contribution is -2.30. The second-order valence-corrected chi connectivity index (χ2v) is 2.85. The lowest BCUT2D eigenvalue weighted by molar-refractivity contribution is -0.166. The van der Waals surface area contributed by atoms with Crippen molar-refractivity contribution in [2.24, 2.45) is 10.2 Å². The Morgan fingerprint density at radius 2 is 1.64 bits per heavy atom. The van der Waals surface area contributed by atoms with Crippen molar-refractivity contribution < 1.29 is 17.6 Å². The number of nitrogens with zero attached hydrogens (tertiary/aromatic N) is 2. The van der Waals surface area contributed by atoms with Crippen LogP contribution in [0.4, 0.5) is 17.6 Å². The van der Waals surface area contributed by atoms with E-state index in [0.29, 0.717) is 0 Å². The molecule has 1 aliphatic heterocycles. The maximum Gasteiger partial charge on any atom is 0.442 e. The minimum Gasteiger partial charge on any atom is -0.207 e. The normalized spacial score (nSPS) is 18.3. The van der Waals surface area contributed by atoms with E-state index in [1.165, 1.54) is 12.1 Å². The molecule has 0 radical (unpaired) electrons. The van der Waals surface area contributed by atoms with Crippen LogP contribution in [0.5, 0.6) is 0 Å². The van der Waals surface area contributed by atoms with E-state index in [1.807, 2.05) is 0 Å². The van der Waals surface area contributed by atoms with Gasteiger partial charge >= 0.3 is 11.8 Å². The molecular formula is C8H4F4N2. The predicted molar refractivity (Wildman–Crippen MR) is 39.0 cm³/mol. The van der Waals surface area contributed by atoms with Crippen LogP contribution in [0.2, 0.25) is 0 Å². The number of alkyl halides is 3. The van der Waals surface area contributed by atoms with E-state index in [9.17, 15) is 17.6 Å². The molecule has 0 fully saturated rings. The van der Waals surface area contributed by atoms with Crippen molar-refractivity contribution in [1.29, 1.82) is 0 Å². The Morgan fingerprint density at radius 3 is 2.07 bits per heavy atom. The van der Waals surface area contributed by atoms with E-state index in [4.69, 9.17) is 0 Å². The van der Waals surface area contributed by atoms with Crippen molar-refractivity contribution in [3.8, 4) is 0 Å². The summed E-state index contributed by atoms with van der Waals surface area (Å²) in [5.74, 6) is -0.949. The first-order chi connectivity index (χ1) is 6.47. The molecule has 0 unspecified atom stereocenters. The molecule has 0 amide bonds. The zero-order valence-corrected chi connectivity index (χ0v) is 6.72. The van der Waals surface area contributed by atoms with E-state index in [0.717, 1.165) is 12.1 Å². The van der Waals surface area contributed by atoms with Gasteiger partial charge < -0.3 is 0 Å². The molecule has 14 heavy (non-hydrogen) atoms. The fourth-order valence-corrected chi connectivity index (χ4v) is 1.17. The van der Waals surface area contributed by atoms with Gasteiger partial charge in [-0.15, -0.1) is 10.2 Å². The van der Waals surface area contributed by atoms with Gasteiger partial charge in [0.2, 0.25) is 0 Å². The highest BCUT2D eigenvalue weighted by Crippen LogP contribution is 2.52. The van der Waals surface area contributed by atoms with Crippen LogP contribution in [-0.4, -0.2) is 6.18 Å². The molecule has 1 aliphatic rings. The average Bonchev–Trinajstić information content (AvgIpc) is 2.84. The molecule has 0 spiro atoms. The van der Waals surface area contributed by atoms with Gasteiger partial charge in [0.25, 0.3) is 0 Å². The molecule has 1 aromatic rings. The van der Waals surface area contributed by atoms with Crippen molar-refractivity contribution in [2.75, 3.05) is 0 Å². The first kappa shape index (κ1) is 9.11. The van der Waals surface area contributed by atoms with Crippen LogP contribution in [0.15, 0.2) is 34.5 Å². The molecular weight excluding hydrogens is 200 g/mol. The summed E-state index contributed by atoms with van der Waals surface area (Å²) in [5.41, 5.74) is -3.20. The highest BCUT2D eigenvalue weighted by atomic mass is 19.4. The van der Waals surface area contributed by atoms with Crippen molar-refractivity contribution >= 4 is 0 Å². The standard InChI is InChI=1S/C8H4F4N2/c9-6-4-2-1-3-5(6)7(13-14-7)8(10,11)12/h1-4H. The minimum absolute atomic E-state index is 0.549. The highest BCUT2D eigenvalue weighted by molar-refractivity contribution is 5.30. The first-order valence-corrected chi connectivity index (χ1v) is 3.73. The molecule has 1 aromatic carbocycles. The van der Waals surface area contributed by atoms with E-state index < -0.39 is 23.2 Å². The SMILES string of the molecule is Fc1ccccc1C1(C(F)(F)F)N=N1. The second kappa shape index (κ2) is 2.52. The Balaban J connectivity index is 2.46. The highest BCUT2D eigenvalue weighted by Gasteiger charge is 2.66. The van der Waals surface area contributed by atoms with Crippen LogP contribution in [-0.2, 0) is 5.66 Å². The summed E-state index contributed by atoms with van der Waals surface area (Å²) in [7, 11) is 0. The molecule has 0 N–H and O–H groups in total. The van der Waals surface area contributed by atoms with Crippen molar-refractivity contribution in [3.05, 3.63) is 35.6 Å². The molecule has 0 saturated carbocycles. The van der Waals surface area contributed by atoms with Crippen LogP contribution in [0.3, 0.4) is 0 Å². The van der Waals surface area contributed by atoms with E-state index in [2.05, 4.69) is 10.2 Å². The fourth-order valence-electron chi connectivity index (χ4n) is 1.17. The van der Waals surface area contributed by atoms with E-state index in [-0.39, 0.29) is 0 Å². The zero-order valence-electron chi connectivity index (χ0n) is 6.72. The lowest BCUT2D eigenvalue weighted by Gasteiger charge is -2.14. The molecule has 0 saturated heterocycles. The maximum atomic E-state index is 13.0. The van der Waals surface area contributed by atoms with Gasteiger partial charge in [-0.25, -0.2) is 4.39 Å². The Hall–Kier alpha value is -1.46. The number of halogens is 4. The van der Waals surface area contributed by atoms with Gasteiger partial charge in [0.1, 0.15) is 5.82 Å². The van der Waals surface area contributed by atoms with Crippen molar-refractivity contribution in [2.45, 2.75) is 11.8 Å². The third kappa shape index (κ3) is 1.10. The number of benzene rings is 1. The molecule has 0 aliphatic carbocycles. The van der Waals surface area contributed by atoms with Gasteiger partial charge in [0, 0.05) is 0 Å². The van der Waals surface area contributed by atoms with Gasteiger partial charge in [-0.2, -0.15) is 13.2 Å². The van der Waals surface area contributed by atoms with Crippen LogP contribution < -0.4 is 0 Å². The summed E-state index contributed by atoms with van der Waals surface area (Å²) < 4.78 is 50.3. The largest absolute Gasteiger partial charge is 0.442 e. The molecule has 1 heterocycles. The van der Waals surface area contributed by atoms with E-state index in [1.54, 1.807) is 0 Å².